The van der Waals surface area contributed by atoms with Crippen molar-refractivity contribution in [1.29, 1.82) is 5.26 Å². The number of fused-ring (bicyclic) bond motifs is 1. The van der Waals surface area contributed by atoms with Crippen LogP contribution in [0.3, 0.4) is 0 Å². The summed E-state index contributed by atoms with van der Waals surface area (Å²) in [7, 11) is 0. The second-order valence-corrected chi connectivity index (χ2v) is 6.67. The lowest BCUT2D eigenvalue weighted by atomic mass is 10.1. The number of aliphatic carboxylic acids is 1. The largest absolute Gasteiger partial charge is 0.480 e. The Kier molecular flexibility index (Phi) is 5.38. The zero-order valence-corrected chi connectivity index (χ0v) is 15.6. The van der Waals surface area contributed by atoms with Gasteiger partial charge in [-0.2, -0.15) is 5.26 Å². The number of nitriles is 1. The molecule has 6 nitrogen and oxygen atoms in total. The molecule has 27 heavy (non-hydrogen) atoms. The standard InChI is InChI=1S/C20H14BrN3O3/c21-15-5-7-16(8-6-15)23-20(27)13(10-22)9-14-11-24(12-19(25)26)18-4-2-1-3-17(14)18/h1-9,11H,12H2,(H,23,27)(H,25,26)/b13-9+. The summed E-state index contributed by atoms with van der Waals surface area (Å²) < 4.78 is 2.45. The zero-order chi connectivity index (χ0) is 19.4. The van der Waals surface area contributed by atoms with Crippen LogP contribution in [0.2, 0.25) is 0 Å². The Morgan fingerprint density at radius 2 is 1.89 bits per heavy atom. The van der Waals surface area contributed by atoms with Gasteiger partial charge in [-0.3, -0.25) is 9.59 Å². The minimum absolute atomic E-state index is 0.0730. The van der Waals surface area contributed by atoms with Gasteiger partial charge in [-0.1, -0.05) is 34.1 Å². The maximum absolute atomic E-state index is 12.4. The van der Waals surface area contributed by atoms with Crippen molar-refractivity contribution >= 4 is 50.5 Å². The van der Waals surface area contributed by atoms with Gasteiger partial charge in [0, 0.05) is 32.8 Å². The number of amides is 1. The number of rotatable bonds is 5. The fourth-order valence-corrected chi connectivity index (χ4v) is 2.97. The van der Waals surface area contributed by atoms with Crippen LogP contribution in [0.4, 0.5) is 5.69 Å². The molecule has 0 spiro atoms. The minimum atomic E-state index is -0.972. The van der Waals surface area contributed by atoms with E-state index in [1.165, 1.54) is 6.08 Å². The number of benzene rings is 2. The van der Waals surface area contributed by atoms with Gasteiger partial charge in [-0.05, 0) is 36.4 Å². The van der Waals surface area contributed by atoms with Gasteiger partial charge in [-0.15, -0.1) is 0 Å². The van der Waals surface area contributed by atoms with Crippen LogP contribution in [0.1, 0.15) is 5.56 Å². The Morgan fingerprint density at radius 3 is 2.56 bits per heavy atom. The maximum Gasteiger partial charge on any atom is 0.323 e. The molecular weight excluding hydrogens is 410 g/mol. The van der Waals surface area contributed by atoms with Gasteiger partial charge < -0.3 is 15.0 Å². The Balaban J connectivity index is 1.95. The normalized spacial score (nSPS) is 11.2. The lowest BCUT2D eigenvalue weighted by Crippen LogP contribution is -2.13. The van der Waals surface area contributed by atoms with Crippen LogP contribution in [-0.2, 0) is 16.1 Å². The molecule has 0 aliphatic carbocycles. The van der Waals surface area contributed by atoms with Crippen LogP contribution >= 0.6 is 15.9 Å². The van der Waals surface area contributed by atoms with E-state index in [1.807, 2.05) is 18.2 Å². The molecule has 0 aliphatic rings. The Bertz CT molecular complexity index is 1090. The van der Waals surface area contributed by atoms with Crippen molar-refractivity contribution in [3.8, 4) is 6.07 Å². The van der Waals surface area contributed by atoms with Crippen molar-refractivity contribution in [2.24, 2.45) is 0 Å². The number of halogens is 1. The zero-order valence-electron chi connectivity index (χ0n) is 14.0. The number of hydrogen-bond donors (Lipinski definition) is 2. The molecule has 2 aromatic carbocycles. The maximum atomic E-state index is 12.4. The molecule has 0 unspecified atom stereocenters. The van der Waals surface area contributed by atoms with Crippen LogP contribution in [0, 0.1) is 11.3 Å². The number of anilines is 1. The van der Waals surface area contributed by atoms with Crippen molar-refractivity contribution < 1.29 is 14.7 Å². The molecule has 0 bridgehead atoms. The molecule has 2 N–H and O–H groups in total. The second kappa shape index (κ2) is 7.89. The van der Waals surface area contributed by atoms with Gasteiger partial charge in [0.1, 0.15) is 18.2 Å². The Morgan fingerprint density at radius 1 is 1.19 bits per heavy atom. The minimum Gasteiger partial charge on any atom is -0.480 e. The van der Waals surface area contributed by atoms with E-state index in [9.17, 15) is 14.9 Å². The molecule has 0 atom stereocenters. The van der Waals surface area contributed by atoms with Gasteiger partial charge in [-0.25, -0.2) is 0 Å². The third-order valence-electron chi connectivity index (χ3n) is 3.89. The number of carbonyl (C=O) groups excluding carboxylic acids is 1. The molecule has 134 valence electrons. The first kappa shape index (κ1) is 18.4. The molecule has 1 amide bonds. The predicted octanol–water partition coefficient (Wildman–Crippen LogP) is 4.03. The summed E-state index contributed by atoms with van der Waals surface area (Å²) in [6.45, 7) is -0.207. The summed E-state index contributed by atoms with van der Waals surface area (Å²) >= 11 is 3.32. The molecular formula is C20H14BrN3O3. The number of carboxylic acids is 1. The van der Waals surface area contributed by atoms with Crippen LogP contribution < -0.4 is 5.32 Å². The molecule has 0 saturated heterocycles. The van der Waals surface area contributed by atoms with E-state index >= 15 is 0 Å². The number of carboxylic acid groups (broad SMARTS) is 1. The van der Waals surface area contributed by atoms with Gasteiger partial charge in [0.05, 0.1) is 0 Å². The summed E-state index contributed by atoms with van der Waals surface area (Å²) in [5, 5.41) is 21.9. The number of aromatic nitrogens is 1. The van der Waals surface area contributed by atoms with E-state index in [1.54, 1.807) is 47.2 Å². The SMILES string of the molecule is N#C/C(=C\c1cn(CC(=O)O)c2ccccc12)C(=O)Nc1ccc(Br)cc1. The molecule has 0 radical (unpaired) electrons. The predicted molar refractivity (Wildman–Crippen MR) is 106 cm³/mol. The highest BCUT2D eigenvalue weighted by Gasteiger charge is 2.13. The third kappa shape index (κ3) is 4.25. The summed E-state index contributed by atoms with van der Waals surface area (Å²) in [5.74, 6) is -1.50. The molecule has 7 heteroatoms. The van der Waals surface area contributed by atoms with Crippen molar-refractivity contribution in [3.63, 3.8) is 0 Å². The first-order valence-corrected chi connectivity index (χ1v) is 8.75. The molecule has 0 saturated carbocycles. The number of nitrogens with zero attached hydrogens (tertiary/aromatic N) is 2. The van der Waals surface area contributed by atoms with E-state index in [4.69, 9.17) is 5.11 Å². The molecule has 0 fully saturated rings. The van der Waals surface area contributed by atoms with Gasteiger partial charge in [0.15, 0.2) is 0 Å². The van der Waals surface area contributed by atoms with Gasteiger partial charge >= 0.3 is 5.97 Å². The number of carbonyl (C=O) groups is 2. The summed E-state index contributed by atoms with van der Waals surface area (Å²) in [6, 6.07) is 16.2. The lowest BCUT2D eigenvalue weighted by molar-refractivity contribution is -0.137. The van der Waals surface area contributed by atoms with E-state index in [2.05, 4.69) is 21.2 Å². The van der Waals surface area contributed by atoms with E-state index in [0.29, 0.717) is 11.3 Å². The van der Waals surface area contributed by atoms with E-state index < -0.39 is 11.9 Å². The van der Waals surface area contributed by atoms with Crippen LogP contribution in [0.5, 0.6) is 0 Å². The van der Waals surface area contributed by atoms with Crippen molar-refractivity contribution in [1.82, 2.24) is 4.57 Å². The quantitative estimate of drug-likeness (QED) is 0.478. The van der Waals surface area contributed by atoms with Gasteiger partial charge in [0.2, 0.25) is 0 Å². The summed E-state index contributed by atoms with van der Waals surface area (Å²) in [5.41, 5.74) is 1.82. The molecule has 1 heterocycles. The lowest BCUT2D eigenvalue weighted by Gasteiger charge is -2.04. The van der Waals surface area contributed by atoms with Crippen LogP contribution in [0.25, 0.3) is 17.0 Å². The number of nitrogens with one attached hydrogen (secondary N) is 1. The smallest absolute Gasteiger partial charge is 0.323 e. The summed E-state index contributed by atoms with van der Waals surface area (Å²) in [6.07, 6.45) is 3.10. The Hall–Kier alpha value is -3.37. The Labute approximate surface area is 163 Å². The first-order valence-electron chi connectivity index (χ1n) is 7.96. The molecule has 3 aromatic rings. The molecule has 0 aliphatic heterocycles. The topological polar surface area (TPSA) is 95.1 Å². The monoisotopic (exact) mass is 423 g/mol. The van der Waals surface area contributed by atoms with Crippen molar-refractivity contribution in [3.05, 3.63) is 70.3 Å². The molecule has 3 rings (SSSR count). The van der Waals surface area contributed by atoms with Crippen molar-refractivity contribution in [2.45, 2.75) is 6.54 Å². The average molecular weight is 424 g/mol. The second-order valence-electron chi connectivity index (χ2n) is 5.75. The van der Waals surface area contributed by atoms with E-state index in [-0.39, 0.29) is 12.1 Å². The van der Waals surface area contributed by atoms with Crippen LogP contribution in [0.15, 0.2) is 64.8 Å². The molecule has 1 aromatic heterocycles. The van der Waals surface area contributed by atoms with Gasteiger partial charge in [0.25, 0.3) is 5.91 Å². The third-order valence-corrected chi connectivity index (χ3v) is 4.42. The number of hydrogen-bond acceptors (Lipinski definition) is 3. The fraction of sp³-hybridized carbons (Fsp3) is 0.0500. The highest BCUT2D eigenvalue weighted by atomic mass is 79.9. The number of para-hydroxylation sites is 1. The summed E-state index contributed by atoms with van der Waals surface area (Å²) in [4.78, 5) is 23.5. The van der Waals surface area contributed by atoms with Crippen molar-refractivity contribution in [2.75, 3.05) is 5.32 Å². The first-order chi connectivity index (χ1) is 13.0. The van der Waals surface area contributed by atoms with E-state index in [0.717, 1.165) is 15.4 Å². The average Bonchev–Trinajstić information content (AvgIpc) is 2.98. The fourth-order valence-electron chi connectivity index (χ4n) is 2.70. The van der Waals surface area contributed by atoms with Crippen LogP contribution in [-0.4, -0.2) is 21.6 Å². The highest BCUT2D eigenvalue weighted by Crippen LogP contribution is 2.24. The highest BCUT2D eigenvalue weighted by molar-refractivity contribution is 9.10.